The van der Waals surface area contributed by atoms with Crippen molar-refractivity contribution in [2.75, 3.05) is 13.7 Å². The SMILES string of the molecule is COc1ccc([C@H]2NC(=O)N(CCc3ccccc3)C(c3ccccc3)=C2C(C)=O)cc1O. The van der Waals surface area contributed by atoms with Crippen molar-refractivity contribution in [3.63, 3.8) is 0 Å². The molecular formula is C27H26N2O4. The first-order valence-corrected chi connectivity index (χ1v) is 10.8. The zero-order valence-electron chi connectivity index (χ0n) is 18.6. The number of carbonyl (C=O) groups is 2. The van der Waals surface area contributed by atoms with E-state index in [1.807, 2.05) is 60.7 Å². The van der Waals surface area contributed by atoms with Crippen LogP contribution in [0.15, 0.2) is 84.4 Å². The Balaban J connectivity index is 1.83. The molecule has 1 aliphatic heterocycles. The van der Waals surface area contributed by atoms with Gasteiger partial charge in [0.2, 0.25) is 0 Å². The molecule has 0 aromatic heterocycles. The highest BCUT2D eigenvalue weighted by Gasteiger charge is 2.36. The monoisotopic (exact) mass is 442 g/mol. The second-order valence-corrected chi connectivity index (χ2v) is 7.89. The number of phenolic OH excluding ortho intramolecular Hbond substituents is 1. The topological polar surface area (TPSA) is 78.9 Å². The van der Waals surface area contributed by atoms with E-state index in [1.54, 1.807) is 17.0 Å². The van der Waals surface area contributed by atoms with Gasteiger partial charge in [-0.15, -0.1) is 0 Å². The van der Waals surface area contributed by atoms with Crippen LogP contribution in [0.3, 0.4) is 0 Å². The molecule has 0 saturated heterocycles. The van der Waals surface area contributed by atoms with Crippen LogP contribution in [0.2, 0.25) is 0 Å². The molecule has 0 spiro atoms. The molecule has 33 heavy (non-hydrogen) atoms. The molecule has 0 radical (unpaired) electrons. The number of hydrogen-bond donors (Lipinski definition) is 2. The third-order valence-electron chi connectivity index (χ3n) is 5.76. The number of benzene rings is 3. The summed E-state index contributed by atoms with van der Waals surface area (Å²) in [4.78, 5) is 28.0. The van der Waals surface area contributed by atoms with Crippen LogP contribution in [0.5, 0.6) is 11.5 Å². The Labute approximate surface area is 193 Å². The molecule has 0 saturated carbocycles. The number of methoxy groups -OCH3 is 1. The van der Waals surface area contributed by atoms with Crippen LogP contribution in [0.4, 0.5) is 4.79 Å². The Morgan fingerprint density at radius 1 is 1.03 bits per heavy atom. The summed E-state index contributed by atoms with van der Waals surface area (Å²) < 4.78 is 5.14. The number of phenols is 1. The highest BCUT2D eigenvalue weighted by Crippen LogP contribution is 2.38. The Morgan fingerprint density at radius 2 is 1.70 bits per heavy atom. The lowest BCUT2D eigenvalue weighted by Gasteiger charge is -2.37. The van der Waals surface area contributed by atoms with E-state index in [2.05, 4.69) is 5.32 Å². The maximum atomic E-state index is 13.3. The summed E-state index contributed by atoms with van der Waals surface area (Å²) in [5.41, 5.74) is 3.54. The maximum Gasteiger partial charge on any atom is 0.322 e. The van der Waals surface area contributed by atoms with E-state index in [9.17, 15) is 14.7 Å². The van der Waals surface area contributed by atoms with Crippen LogP contribution >= 0.6 is 0 Å². The average Bonchev–Trinajstić information content (AvgIpc) is 2.83. The second-order valence-electron chi connectivity index (χ2n) is 7.89. The van der Waals surface area contributed by atoms with Gasteiger partial charge in [-0.3, -0.25) is 9.69 Å². The number of ketones is 1. The summed E-state index contributed by atoms with van der Waals surface area (Å²) in [7, 11) is 1.47. The summed E-state index contributed by atoms with van der Waals surface area (Å²) >= 11 is 0. The molecule has 3 aromatic carbocycles. The zero-order valence-corrected chi connectivity index (χ0v) is 18.6. The molecule has 0 bridgehead atoms. The summed E-state index contributed by atoms with van der Waals surface area (Å²) in [6.07, 6.45) is 0.643. The average molecular weight is 443 g/mol. The van der Waals surface area contributed by atoms with Crippen molar-refractivity contribution in [2.45, 2.75) is 19.4 Å². The smallest absolute Gasteiger partial charge is 0.322 e. The van der Waals surface area contributed by atoms with Gasteiger partial charge in [-0.1, -0.05) is 66.7 Å². The van der Waals surface area contributed by atoms with Gasteiger partial charge in [0.1, 0.15) is 0 Å². The molecule has 2 amide bonds. The predicted octanol–water partition coefficient (Wildman–Crippen LogP) is 4.71. The normalized spacial score (nSPS) is 15.9. The lowest BCUT2D eigenvalue weighted by molar-refractivity contribution is -0.114. The van der Waals surface area contributed by atoms with Crippen LogP contribution in [0.25, 0.3) is 5.70 Å². The number of hydrogen-bond acceptors (Lipinski definition) is 4. The van der Waals surface area contributed by atoms with Gasteiger partial charge in [-0.05, 0) is 42.2 Å². The van der Waals surface area contributed by atoms with Gasteiger partial charge in [0.25, 0.3) is 0 Å². The molecule has 0 unspecified atom stereocenters. The van der Waals surface area contributed by atoms with Crippen molar-refractivity contribution in [3.8, 4) is 11.5 Å². The summed E-state index contributed by atoms with van der Waals surface area (Å²) in [5.74, 6) is 0.112. The molecule has 0 aliphatic carbocycles. The van der Waals surface area contributed by atoms with Crippen LogP contribution < -0.4 is 10.1 Å². The molecule has 1 heterocycles. The zero-order chi connectivity index (χ0) is 23.4. The van der Waals surface area contributed by atoms with Crippen LogP contribution in [0.1, 0.15) is 29.7 Å². The molecule has 1 atom stereocenters. The first kappa shape index (κ1) is 22.1. The van der Waals surface area contributed by atoms with Gasteiger partial charge >= 0.3 is 6.03 Å². The highest BCUT2D eigenvalue weighted by atomic mass is 16.5. The highest BCUT2D eigenvalue weighted by molar-refractivity contribution is 6.07. The first-order valence-electron chi connectivity index (χ1n) is 10.8. The lowest BCUT2D eigenvalue weighted by atomic mass is 9.89. The largest absolute Gasteiger partial charge is 0.504 e. The number of nitrogens with one attached hydrogen (secondary N) is 1. The fraction of sp³-hybridized carbons (Fsp3) is 0.185. The number of rotatable bonds is 7. The standard InChI is InChI=1S/C27H26N2O4/c1-18(30)24-25(21-13-14-23(33-2)22(31)17-21)28-27(32)29(16-15-19-9-5-3-6-10-19)26(24)20-11-7-4-8-12-20/h3-14,17,25,31H,15-16H2,1-2H3,(H,28,32)/t25-/m1/s1. The van der Waals surface area contributed by atoms with Gasteiger partial charge in [0, 0.05) is 12.1 Å². The maximum absolute atomic E-state index is 13.3. The van der Waals surface area contributed by atoms with Crippen LogP contribution in [-0.4, -0.2) is 35.5 Å². The van der Waals surface area contributed by atoms with Crippen molar-refractivity contribution in [1.82, 2.24) is 10.2 Å². The Hall–Kier alpha value is -4.06. The Bertz CT molecular complexity index is 1190. The van der Waals surface area contributed by atoms with E-state index in [4.69, 9.17) is 4.74 Å². The minimum absolute atomic E-state index is 0.0556. The fourth-order valence-electron chi connectivity index (χ4n) is 4.17. The van der Waals surface area contributed by atoms with E-state index in [1.165, 1.54) is 20.1 Å². The third-order valence-corrected chi connectivity index (χ3v) is 5.76. The summed E-state index contributed by atoms with van der Waals surface area (Å²) in [6, 6.07) is 23.3. The van der Waals surface area contributed by atoms with Gasteiger partial charge in [0.05, 0.1) is 18.8 Å². The Morgan fingerprint density at radius 3 is 2.30 bits per heavy atom. The minimum Gasteiger partial charge on any atom is -0.504 e. The summed E-state index contributed by atoms with van der Waals surface area (Å²) in [6.45, 7) is 1.92. The van der Waals surface area contributed by atoms with Crippen molar-refractivity contribution in [2.24, 2.45) is 0 Å². The lowest BCUT2D eigenvalue weighted by Crippen LogP contribution is -2.48. The molecule has 2 N–H and O–H groups in total. The molecule has 168 valence electrons. The van der Waals surface area contributed by atoms with E-state index < -0.39 is 6.04 Å². The van der Waals surface area contributed by atoms with Crippen molar-refractivity contribution >= 4 is 17.5 Å². The van der Waals surface area contributed by atoms with Crippen molar-refractivity contribution in [3.05, 3.63) is 101 Å². The van der Waals surface area contributed by atoms with E-state index >= 15 is 0 Å². The third kappa shape index (κ3) is 4.60. The molecule has 6 nitrogen and oxygen atoms in total. The number of nitrogens with zero attached hydrogens (tertiary/aromatic N) is 1. The van der Waals surface area contributed by atoms with E-state index in [0.29, 0.717) is 35.5 Å². The molecular weight excluding hydrogens is 416 g/mol. The number of Topliss-reactive ketones (excluding diaryl/α,β-unsaturated/α-hetero) is 1. The number of urea groups is 1. The molecule has 4 rings (SSSR count). The molecule has 3 aromatic rings. The van der Waals surface area contributed by atoms with Gasteiger partial charge in [-0.2, -0.15) is 0 Å². The quantitative estimate of drug-likeness (QED) is 0.555. The van der Waals surface area contributed by atoms with Gasteiger partial charge in [0.15, 0.2) is 17.3 Å². The molecule has 1 aliphatic rings. The molecule has 6 heteroatoms. The predicted molar refractivity (Wildman–Crippen MR) is 127 cm³/mol. The fourth-order valence-corrected chi connectivity index (χ4v) is 4.17. The second kappa shape index (κ2) is 9.61. The minimum atomic E-state index is -0.699. The van der Waals surface area contributed by atoms with Crippen molar-refractivity contribution < 1.29 is 19.4 Å². The molecule has 0 fully saturated rings. The first-order chi connectivity index (χ1) is 16.0. The van der Waals surface area contributed by atoms with Crippen LogP contribution in [-0.2, 0) is 11.2 Å². The number of aromatic hydroxyl groups is 1. The van der Waals surface area contributed by atoms with Crippen LogP contribution in [0, 0.1) is 0 Å². The number of ether oxygens (including phenoxy) is 1. The van der Waals surface area contributed by atoms with Crippen molar-refractivity contribution in [1.29, 1.82) is 0 Å². The van der Waals surface area contributed by atoms with Gasteiger partial charge in [-0.25, -0.2) is 4.79 Å². The van der Waals surface area contributed by atoms with E-state index in [-0.39, 0.29) is 17.6 Å². The van der Waals surface area contributed by atoms with E-state index in [0.717, 1.165) is 11.1 Å². The number of amides is 2. The number of carbonyl (C=O) groups excluding carboxylic acids is 2. The Kier molecular flexibility index (Phi) is 6.45. The summed E-state index contributed by atoms with van der Waals surface area (Å²) in [5, 5.41) is 13.3. The van der Waals surface area contributed by atoms with Gasteiger partial charge < -0.3 is 15.2 Å².